The maximum atomic E-state index is 12.9. The van der Waals surface area contributed by atoms with Gasteiger partial charge < -0.3 is 0 Å². The Labute approximate surface area is 171 Å². The van der Waals surface area contributed by atoms with Crippen molar-refractivity contribution in [3.63, 3.8) is 0 Å². The molecule has 2 heterocycles. The first-order valence-electron chi connectivity index (χ1n) is 9.15. The van der Waals surface area contributed by atoms with Gasteiger partial charge in [-0.05, 0) is 30.2 Å². The van der Waals surface area contributed by atoms with Gasteiger partial charge in [0.15, 0.2) is 5.65 Å². The maximum absolute atomic E-state index is 12.9. The molecule has 1 N–H and O–H groups in total. The summed E-state index contributed by atoms with van der Waals surface area (Å²) in [5.41, 5.74) is 4.22. The topological polar surface area (TPSA) is 81.8 Å². The van der Waals surface area contributed by atoms with Gasteiger partial charge in [-0.3, -0.25) is 15.0 Å². The molecule has 2 aromatic carbocycles. The summed E-state index contributed by atoms with van der Waals surface area (Å²) in [6.07, 6.45) is 3.33. The molecule has 2 aromatic heterocycles. The monoisotopic (exact) mass is 407 g/mol. The zero-order valence-corrected chi connectivity index (χ0v) is 16.4. The fraction of sp³-hybridized carbons (Fsp3) is 0.143. The molecule has 8 heteroatoms. The Morgan fingerprint density at radius 1 is 1.17 bits per heavy atom. The number of nitrogens with zero attached hydrogens (tertiary/aromatic N) is 4. The third-order valence-corrected chi connectivity index (χ3v) is 4.93. The molecule has 146 valence electrons. The highest BCUT2D eigenvalue weighted by molar-refractivity contribution is 6.30. The van der Waals surface area contributed by atoms with E-state index in [2.05, 4.69) is 15.5 Å². The summed E-state index contributed by atoms with van der Waals surface area (Å²) >= 11 is 6.05. The van der Waals surface area contributed by atoms with Crippen molar-refractivity contribution in [3.8, 4) is 5.69 Å². The highest BCUT2D eigenvalue weighted by Crippen LogP contribution is 2.20. The van der Waals surface area contributed by atoms with Crippen LogP contribution in [-0.4, -0.2) is 25.3 Å². The molecule has 29 heavy (non-hydrogen) atoms. The fourth-order valence-corrected chi connectivity index (χ4v) is 3.43. The van der Waals surface area contributed by atoms with Crippen LogP contribution < -0.4 is 11.0 Å². The zero-order chi connectivity index (χ0) is 20.4. The minimum Gasteiger partial charge on any atom is -0.273 e. The van der Waals surface area contributed by atoms with Crippen molar-refractivity contribution in [1.29, 1.82) is 0 Å². The van der Waals surface area contributed by atoms with Crippen LogP contribution >= 0.6 is 11.6 Å². The molecule has 7 nitrogen and oxygen atoms in total. The van der Waals surface area contributed by atoms with E-state index in [0.717, 1.165) is 10.2 Å². The lowest BCUT2D eigenvalue weighted by atomic mass is 9.96. The number of rotatable bonds is 5. The summed E-state index contributed by atoms with van der Waals surface area (Å²) in [6.45, 7) is 1.93. The van der Waals surface area contributed by atoms with Crippen LogP contribution in [0.5, 0.6) is 0 Å². The van der Waals surface area contributed by atoms with Gasteiger partial charge in [-0.15, -0.1) is 0 Å². The molecule has 0 radical (unpaired) electrons. The second-order valence-electron chi connectivity index (χ2n) is 6.54. The number of hydrogen-bond donors (Lipinski definition) is 1. The summed E-state index contributed by atoms with van der Waals surface area (Å²) in [7, 11) is 0. The predicted octanol–water partition coefficient (Wildman–Crippen LogP) is 3.50. The van der Waals surface area contributed by atoms with Gasteiger partial charge in [-0.2, -0.15) is 5.10 Å². The van der Waals surface area contributed by atoms with Crippen molar-refractivity contribution >= 4 is 28.5 Å². The number of nitrogens with one attached hydrogen (secondary N) is 1. The molecule has 0 spiro atoms. The average molecular weight is 408 g/mol. The van der Waals surface area contributed by atoms with E-state index in [4.69, 9.17) is 11.6 Å². The van der Waals surface area contributed by atoms with Crippen LogP contribution in [0.4, 0.5) is 0 Å². The van der Waals surface area contributed by atoms with Crippen molar-refractivity contribution in [1.82, 2.24) is 19.4 Å². The number of amides is 1. The summed E-state index contributed by atoms with van der Waals surface area (Å²) in [5.74, 6) is -0.642. The van der Waals surface area contributed by atoms with E-state index >= 15 is 0 Å². The number of carbonyl (C=O) groups is 1. The first kappa shape index (κ1) is 18.9. The van der Waals surface area contributed by atoms with Gasteiger partial charge in [0.05, 0.1) is 17.8 Å². The Morgan fingerprint density at radius 3 is 2.69 bits per heavy atom. The summed E-state index contributed by atoms with van der Waals surface area (Å²) in [6, 6.07) is 16.6. The maximum Gasteiger partial charge on any atom is 0.283 e. The number of benzene rings is 2. The van der Waals surface area contributed by atoms with Crippen molar-refractivity contribution < 1.29 is 4.79 Å². The quantitative estimate of drug-likeness (QED) is 0.549. The first-order valence-corrected chi connectivity index (χ1v) is 9.53. The third kappa shape index (κ3) is 3.64. The molecule has 0 saturated carbocycles. The first-order chi connectivity index (χ1) is 14.1. The number of halogens is 1. The molecule has 0 aliphatic heterocycles. The molecule has 0 aliphatic rings. The van der Waals surface area contributed by atoms with E-state index in [0.29, 0.717) is 28.2 Å². The molecule has 0 saturated heterocycles. The van der Waals surface area contributed by atoms with Gasteiger partial charge in [-0.25, -0.2) is 14.3 Å². The Bertz CT molecular complexity index is 1230. The molecule has 0 fully saturated rings. The van der Waals surface area contributed by atoms with E-state index in [1.807, 2.05) is 43.3 Å². The molecule has 1 amide bonds. The minimum atomic E-state index is -0.403. The van der Waals surface area contributed by atoms with E-state index in [-0.39, 0.29) is 11.8 Å². The SMILES string of the molecule is CCC(C(=O)Nn1cnc2c(cnn2-c2cccc(Cl)c2)c1=O)c1ccccc1. The van der Waals surface area contributed by atoms with Crippen molar-refractivity contribution in [3.05, 3.63) is 88.1 Å². The van der Waals surface area contributed by atoms with Gasteiger partial charge in [0.1, 0.15) is 11.7 Å². The van der Waals surface area contributed by atoms with E-state index < -0.39 is 5.56 Å². The highest BCUT2D eigenvalue weighted by Gasteiger charge is 2.20. The highest BCUT2D eigenvalue weighted by atomic mass is 35.5. The second-order valence-corrected chi connectivity index (χ2v) is 6.98. The smallest absolute Gasteiger partial charge is 0.273 e. The van der Waals surface area contributed by atoms with Crippen LogP contribution in [0.2, 0.25) is 5.02 Å². The molecule has 1 atom stereocenters. The molecular weight excluding hydrogens is 390 g/mol. The molecule has 0 aliphatic carbocycles. The summed E-state index contributed by atoms with van der Waals surface area (Å²) in [4.78, 5) is 29.9. The largest absolute Gasteiger partial charge is 0.283 e. The Kier molecular flexibility index (Phi) is 5.14. The van der Waals surface area contributed by atoms with E-state index in [1.165, 1.54) is 17.2 Å². The van der Waals surface area contributed by atoms with Crippen molar-refractivity contribution in [2.24, 2.45) is 0 Å². The Morgan fingerprint density at radius 2 is 1.97 bits per heavy atom. The van der Waals surface area contributed by atoms with Gasteiger partial charge in [0.2, 0.25) is 5.91 Å². The predicted molar refractivity (Wildman–Crippen MR) is 112 cm³/mol. The molecule has 4 aromatic rings. The molecule has 4 rings (SSSR count). The van der Waals surface area contributed by atoms with Gasteiger partial charge in [-0.1, -0.05) is 54.9 Å². The average Bonchev–Trinajstić information content (AvgIpc) is 3.16. The van der Waals surface area contributed by atoms with Gasteiger partial charge >= 0.3 is 0 Å². The van der Waals surface area contributed by atoms with E-state index in [1.54, 1.807) is 18.2 Å². The second kappa shape index (κ2) is 7.89. The molecule has 1 unspecified atom stereocenters. The lowest BCUT2D eigenvalue weighted by Crippen LogP contribution is -2.35. The summed E-state index contributed by atoms with van der Waals surface area (Å²) in [5, 5.41) is 5.10. The van der Waals surface area contributed by atoms with Gasteiger partial charge in [0, 0.05) is 5.02 Å². The fourth-order valence-electron chi connectivity index (χ4n) is 3.24. The standard InChI is InChI=1S/C21H18ClN5O2/c1-2-17(14-7-4-3-5-8-14)20(28)25-26-13-23-19-18(21(26)29)12-24-27(19)16-10-6-9-15(22)11-16/h3-13,17H,2H2,1H3,(H,25,28). The van der Waals surface area contributed by atoms with Crippen molar-refractivity contribution in [2.75, 3.05) is 5.43 Å². The number of fused-ring (bicyclic) bond motifs is 1. The third-order valence-electron chi connectivity index (χ3n) is 4.70. The van der Waals surface area contributed by atoms with Crippen LogP contribution in [0, 0.1) is 0 Å². The molecule has 0 bridgehead atoms. The number of aromatic nitrogens is 4. The number of hydrogen-bond acceptors (Lipinski definition) is 4. The lowest BCUT2D eigenvalue weighted by Gasteiger charge is -2.16. The van der Waals surface area contributed by atoms with Crippen LogP contribution in [0.3, 0.4) is 0 Å². The van der Waals surface area contributed by atoms with Crippen LogP contribution in [0.1, 0.15) is 24.8 Å². The van der Waals surface area contributed by atoms with Crippen LogP contribution in [-0.2, 0) is 4.79 Å². The minimum absolute atomic E-state index is 0.274. The Balaban J connectivity index is 1.67. The van der Waals surface area contributed by atoms with Crippen LogP contribution in [0.25, 0.3) is 16.7 Å². The number of carbonyl (C=O) groups excluding carboxylic acids is 1. The molecular formula is C21H18ClN5O2. The normalized spacial score (nSPS) is 12.1. The summed E-state index contributed by atoms with van der Waals surface area (Å²) < 4.78 is 2.63. The lowest BCUT2D eigenvalue weighted by molar-refractivity contribution is -0.118. The van der Waals surface area contributed by atoms with E-state index in [9.17, 15) is 9.59 Å². The van der Waals surface area contributed by atoms with Crippen LogP contribution in [0.15, 0.2) is 71.9 Å². The zero-order valence-electron chi connectivity index (χ0n) is 15.6. The Hall–Kier alpha value is -3.45. The van der Waals surface area contributed by atoms with Crippen molar-refractivity contribution in [2.45, 2.75) is 19.3 Å². The van der Waals surface area contributed by atoms with Gasteiger partial charge in [0.25, 0.3) is 5.56 Å².